The monoisotopic (exact) mass is 232 g/mol. The number of rotatable bonds is 3. The Bertz CT molecular complexity index is 540. The van der Waals surface area contributed by atoms with E-state index in [4.69, 9.17) is 5.73 Å². The molecular weight excluding hydrogens is 215 g/mol. The van der Waals surface area contributed by atoms with Crippen LogP contribution >= 0.6 is 0 Å². The molecule has 2 nitrogen and oxygen atoms in total. The molecule has 0 radical (unpaired) electrons. The van der Waals surface area contributed by atoms with Gasteiger partial charge < -0.3 is 10.3 Å². The van der Waals surface area contributed by atoms with Crippen LogP contribution in [-0.4, -0.2) is 4.57 Å². The summed E-state index contributed by atoms with van der Waals surface area (Å²) in [5.41, 5.74) is 7.48. The molecule has 0 unspecified atom stereocenters. The molecule has 1 saturated carbocycles. The Morgan fingerprint density at radius 3 is 2.82 bits per heavy atom. The Balaban J connectivity index is 2.09. The molecule has 1 aromatic carbocycles. The molecule has 0 amide bonds. The highest BCUT2D eigenvalue weighted by molar-refractivity contribution is 5.84. The minimum atomic E-state index is -0.137. The first kappa shape index (κ1) is 10.8. The number of nitrogens with two attached hydrogens (primary N) is 1. The second kappa shape index (κ2) is 4.15. The number of hydrogen-bond acceptors (Lipinski definition) is 1. The molecule has 1 heterocycles. The van der Waals surface area contributed by atoms with Crippen LogP contribution in [-0.2, 0) is 13.1 Å². The van der Waals surface area contributed by atoms with E-state index in [9.17, 15) is 4.39 Å². The van der Waals surface area contributed by atoms with Crippen LogP contribution in [0.15, 0.2) is 24.4 Å². The summed E-state index contributed by atoms with van der Waals surface area (Å²) in [6.07, 6.45) is 5.88. The maximum Gasteiger partial charge on any atom is 0.147 e. The summed E-state index contributed by atoms with van der Waals surface area (Å²) < 4.78 is 16.0. The zero-order valence-corrected chi connectivity index (χ0v) is 9.82. The average molecular weight is 232 g/mol. The highest BCUT2D eigenvalue weighted by Gasteiger charge is 2.20. The van der Waals surface area contributed by atoms with Crippen LogP contribution in [0.5, 0.6) is 0 Å². The zero-order chi connectivity index (χ0) is 11.8. The molecule has 90 valence electrons. The molecule has 3 heteroatoms. The minimum absolute atomic E-state index is 0.137. The van der Waals surface area contributed by atoms with E-state index in [1.807, 2.05) is 12.3 Å². The van der Waals surface area contributed by atoms with Gasteiger partial charge in [0.1, 0.15) is 5.82 Å². The summed E-state index contributed by atoms with van der Waals surface area (Å²) in [5, 5.41) is 0.965. The number of nitrogens with zero attached hydrogens (tertiary/aromatic N) is 1. The van der Waals surface area contributed by atoms with Gasteiger partial charge in [-0.3, -0.25) is 0 Å². The second-order valence-corrected chi connectivity index (χ2v) is 4.94. The van der Waals surface area contributed by atoms with Crippen molar-refractivity contribution in [3.05, 3.63) is 35.8 Å². The summed E-state index contributed by atoms with van der Waals surface area (Å²) in [5.74, 6) is 0.581. The molecule has 1 aliphatic rings. The number of hydrogen-bond donors (Lipinski definition) is 1. The van der Waals surface area contributed by atoms with E-state index in [-0.39, 0.29) is 5.82 Å². The Morgan fingerprint density at radius 2 is 2.18 bits per heavy atom. The summed E-state index contributed by atoms with van der Waals surface area (Å²) in [7, 11) is 0. The molecule has 1 fully saturated rings. The summed E-state index contributed by atoms with van der Waals surface area (Å²) >= 11 is 0. The largest absolute Gasteiger partial charge is 0.344 e. The predicted octanol–water partition coefficient (Wildman–Crippen LogP) is 3.04. The van der Waals surface area contributed by atoms with E-state index < -0.39 is 0 Å². The van der Waals surface area contributed by atoms with Gasteiger partial charge in [0.2, 0.25) is 0 Å². The lowest BCUT2D eigenvalue weighted by Gasteiger charge is -2.26. The molecule has 1 aliphatic carbocycles. The topological polar surface area (TPSA) is 30.9 Å². The van der Waals surface area contributed by atoms with Gasteiger partial charge in [0, 0.05) is 24.7 Å². The smallest absolute Gasteiger partial charge is 0.147 e. The fourth-order valence-electron chi connectivity index (χ4n) is 2.65. The lowest BCUT2D eigenvalue weighted by molar-refractivity contribution is 0.279. The van der Waals surface area contributed by atoms with E-state index in [1.165, 1.54) is 25.3 Å². The number of fused-ring (bicyclic) bond motifs is 1. The van der Waals surface area contributed by atoms with Crippen molar-refractivity contribution in [3.63, 3.8) is 0 Å². The standard InChI is InChI=1S/C14H17FN2/c15-13-6-2-5-12-11(7-16)9-17(14(12)13)8-10-3-1-4-10/h2,5-6,9-10H,1,3-4,7-8,16H2. The van der Waals surface area contributed by atoms with Crippen LogP contribution in [0, 0.1) is 11.7 Å². The second-order valence-electron chi connectivity index (χ2n) is 4.94. The van der Waals surface area contributed by atoms with Crippen molar-refractivity contribution in [2.24, 2.45) is 11.7 Å². The fraction of sp³-hybridized carbons (Fsp3) is 0.429. The van der Waals surface area contributed by atoms with E-state index >= 15 is 0 Å². The van der Waals surface area contributed by atoms with Crippen LogP contribution in [0.3, 0.4) is 0 Å². The van der Waals surface area contributed by atoms with Crippen molar-refractivity contribution in [1.82, 2.24) is 4.57 Å². The molecule has 0 spiro atoms. The van der Waals surface area contributed by atoms with Gasteiger partial charge in [-0.2, -0.15) is 0 Å². The third-order valence-corrected chi connectivity index (χ3v) is 3.83. The van der Waals surface area contributed by atoms with Crippen molar-refractivity contribution in [2.45, 2.75) is 32.4 Å². The first-order valence-electron chi connectivity index (χ1n) is 6.26. The van der Waals surface area contributed by atoms with E-state index in [0.717, 1.165) is 28.9 Å². The normalized spacial score (nSPS) is 16.4. The molecular formula is C14H17FN2. The molecule has 17 heavy (non-hydrogen) atoms. The van der Waals surface area contributed by atoms with E-state index in [1.54, 1.807) is 6.07 Å². The van der Waals surface area contributed by atoms with Gasteiger partial charge >= 0.3 is 0 Å². The molecule has 0 bridgehead atoms. The maximum absolute atomic E-state index is 13.9. The SMILES string of the molecule is NCc1cn(CC2CCC2)c2c(F)cccc12. The Kier molecular flexibility index (Phi) is 2.63. The highest BCUT2D eigenvalue weighted by Crippen LogP contribution is 2.31. The lowest BCUT2D eigenvalue weighted by atomic mass is 9.85. The van der Waals surface area contributed by atoms with Gasteiger partial charge in [0.05, 0.1) is 5.52 Å². The molecule has 2 aromatic rings. The van der Waals surface area contributed by atoms with Crippen LogP contribution < -0.4 is 5.73 Å². The van der Waals surface area contributed by atoms with Crippen molar-refractivity contribution >= 4 is 10.9 Å². The number of aromatic nitrogens is 1. The first-order chi connectivity index (χ1) is 8.29. The number of para-hydroxylation sites is 1. The third kappa shape index (κ3) is 1.75. The quantitative estimate of drug-likeness (QED) is 0.866. The van der Waals surface area contributed by atoms with Crippen molar-refractivity contribution < 1.29 is 4.39 Å². The van der Waals surface area contributed by atoms with Gasteiger partial charge in [-0.05, 0) is 30.4 Å². The van der Waals surface area contributed by atoms with Crippen molar-refractivity contribution in [3.8, 4) is 0 Å². The maximum atomic E-state index is 13.9. The van der Waals surface area contributed by atoms with Gasteiger partial charge in [-0.15, -0.1) is 0 Å². The molecule has 1 aromatic heterocycles. The van der Waals surface area contributed by atoms with Crippen LogP contribution in [0.4, 0.5) is 4.39 Å². The Morgan fingerprint density at radius 1 is 1.35 bits per heavy atom. The van der Waals surface area contributed by atoms with Crippen molar-refractivity contribution in [1.29, 1.82) is 0 Å². The molecule has 0 atom stereocenters. The fourth-order valence-corrected chi connectivity index (χ4v) is 2.65. The number of halogens is 1. The zero-order valence-electron chi connectivity index (χ0n) is 9.82. The summed E-state index contributed by atoms with van der Waals surface area (Å²) in [6.45, 7) is 1.40. The molecule has 0 saturated heterocycles. The van der Waals surface area contributed by atoms with Crippen LogP contribution in [0.25, 0.3) is 10.9 Å². The lowest BCUT2D eigenvalue weighted by Crippen LogP contribution is -2.17. The Hall–Kier alpha value is -1.35. The van der Waals surface area contributed by atoms with E-state index in [0.29, 0.717) is 6.54 Å². The van der Waals surface area contributed by atoms with Crippen molar-refractivity contribution in [2.75, 3.05) is 0 Å². The average Bonchev–Trinajstić information content (AvgIpc) is 2.63. The van der Waals surface area contributed by atoms with Gasteiger partial charge in [0.15, 0.2) is 0 Å². The van der Waals surface area contributed by atoms with Gasteiger partial charge in [-0.1, -0.05) is 18.6 Å². The highest BCUT2D eigenvalue weighted by atomic mass is 19.1. The van der Waals surface area contributed by atoms with Gasteiger partial charge in [-0.25, -0.2) is 4.39 Å². The summed E-state index contributed by atoms with van der Waals surface area (Å²) in [6, 6.07) is 5.24. The Labute approximate surface area is 100 Å². The first-order valence-corrected chi connectivity index (χ1v) is 6.26. The summed E-state index contributed by atoms with van der Waals surface area (Å²) in [4.78, 5) is 0. The third-order valence-electron chi connectivity index (χ3n) is 3.83. The minimum Gasteiger partial charge on any atom is -0.344 e. The molecule has 0 aliphatic heterocycles. The van der Waals surface area contributed by atoms with Gasteiger partial charge in [0.25, 0.3) is 0 Å². The molecule has 2 N–H and O–H groups in total. The van der Waals surface area contributed by atoms with Crippen LogP contribution in [0.1, 0.15) is 24.8 Å². The van der Waals surface area contributed by atoms with Crippen LogP contribution in [0.2, 0.25) is 0 Å². The van der Waals surface area contributed by atoms with E-state index in [2.05, 4.69) is 4.57 Å². The predicted molar refractivity (Wildman–Crippen MR) is 67.1 cm³/mol. The number of benzene rings is 1. The molecule has 3 rings (SSSR count).